The number of rotatable bonds is 7. The number of carbonyl (C=O) groups is 1. The Hall–Kier alpha value is -2.55. The van der Waals surface area contributed by atoms with Gasteiger partial charge in [-0.05, 0) is 73.3 Å². The topological polar surface area (TPSA) is 66.5 Å². The molecule has 0 saturated carbocycles. The van der Waals surface area contributed by atoms with Crippen molar-refractivity contribution >= 4 is 45.0 Å². The Kier molecular flexibility index (Phi) is 7.48. The van der Waals surface area contributed by atoms with E-state index >= 15 is 0 Å². The Bertz CT molecular complexity index is 1220. The minimum atomic E-state index is -4.00. The Morgan fingerprint density at radius 1 is 1.06 bits per heavy atom. The van der Waals surface area contributed by atoms with E-state index in [-0.39, 0.29) is 27.2 Å². The van der Waals surface area contributed by atoms with Crippen LogP contribution in [0.5, 0.6) is 0 Å². The van der Waals surface area contributed by atoms with Gasteiger partial charge in [0.1, 0.15) is 5.82 Å². The molecule has 9 heteroatoms. The fraction of sp³-hybridized carbons (Fsp3) is 0.174. The smallest absolute Gasteiger partial charge is 0.264 e. The lowest BCUT2D eigenvalue weighted by molar-refractivity contribution is 0.0940. The highest BCUT2D eigenvalue weighted by Gasteiger charge is 2.24. The van der Waals surface area contributed by atoms with E-state index < -0.39 is 21.7 Å². The number of anilines is 1. The van der Waals surface area contributed by atoms with Crippen LogP contribution in [0.15, 0.2) is 76.5 Å². The molecule has 3 aromatic carbocycles. The predicted molar refractivity (Wildman–Crippen MR) is 128 cm³/mol. The zero-order valence-electron chi connectivity index (χ0n) is 17.7. The molecule has 1 N–H and O–H groups in total. The largest absolute Gasteiger partial charge is 0.345 e. The van der Waals surface area contributed by atoms with Crippen LogP contribution in [0.1, 0.15) is 28.9 Å². The molecule has 3 rings (SSSR count). The Morgan fingerprint density at radius 3 is 2.28 bits per heavy atom. The van der Waals surface area contributed by atoms with E-state index in [1.807, 2.05) is 37.4 Å². The van der Waals surface area contributed by atoms with Gasteiger partial charge in [-0.2, -0.15) is 0 Å². The van der Waals surface area contributed by atoms with Gasteiger partial charge in [0.05, 0.1) is 27.2 Å². The molecule has 0 aliphatic carbocycles. The predicted octanol–water partition coefficient (Wildman–Crippen LogP) is 5.52. The van der Waals surface area contributed by atoms with Gasteiger partial charge in [0.2, 0.25) is 0 Å². The van der Waals surface area contributed by atoms with Gasteiger partial charge >= 0.3 is 0 Å². The minimum absolute atomic E-state index is 0.0489. The molecule has 168 valence electrons. The Labute approximate surface area is 196 Å². The van der Waals surface area contributed by atoms with Gasteiger partial charge in [0.15, 0.2) is 0 Å². The second kappa shape index (κ2) is 9.94. The number of thioether (sulfide) groups is 1. The monoisotopic (exact) mass is 492 g/mol. The highest BCUT2D eigenvalue weighted by Crippen LogP contribution is 2.27. The highest BCUT2D eigenvalue weighted by molar-refractivity contribution is 7.98. The molecule has 0 bridgehead atoms. The number of nitrogens with one attached hydrogen (secondary N) is 1. The molecule has 5 nitrogen and oxygen atoms in total. The first-order valence-corrected chi connectivity index (χ1v) is 12.7. The number of halogens is 2. The molecule has 0 spiro atoms. The maximum absolute atomic E-state index is 13.2. The van der Waals surface area contributed by atoms with Crippen LogP contribution >= 0.6 is 23.4 Å². The average molecular weight is 493 g/mol. The zero-order chi connectivity index (χ0) is 23.5. The van der Waals surface area contributed by atoms with Crippen molar-refractivity contribution in [3.63, 3.8) is 0 Å². The van der Waals surface area contributed by atoms with Crippen molar-refractivity contribution in [1.29, 1.82) is 0 Å². The lowest BCUT2D eigenvalue weighted by atomic mass is 10.1. The zero-order valence-corrected chi connectivity index (χ0v) is 20.1. The molecule has 0 aliphatic heterocycles. The standard InChI is InChI=1S/C23H22ClFN2O3S2/c1-15(16-4-10-19(31-3)11-5-16)26-23(28)21-14-20(12-13-22(21)24)32(29,30)27(2)18-8-6-17(25)7-9-18/h4-15H,1-3H3,(H,26,28). The van der Waals surface area contributed by atoms with Crippen LogP contribution in [0, 0.1) is 5.82 Å². The minimum Gasteiger partial charge on any atom is -0.345 e. The van der Waals surface area contributed by atoms with Crippen LogP contribution in [-0.4, -0.2) is 27.6 Å². The summed E-state index contributed by atoms with van der Waals surface area (Å²) >= 11 is 7.83. The maximum Gasteiger partial charge on any atom is 0.264 e. The lowest BCUT2D eigenvalue weighted by Crippen LogP contribution is -2.29. The van der Waals surface area contributed by atoms with Crippen LogP contribution < -0.4 is 9.62 Å². The average Bonchev–Trinajstić information content (AvgIpc) is 2.79. The van der Waals surface area contributed by atoms with E-state index in [2.05, 4.69) is 5.32 Å². The number of hydrogen-bond donors (Lipinski definition) is 1. The molecule has 0 aliphatic rings. The van der Waals surface area contributed by atoms with Crippen molar-refractivity contribution in [2.75, 3.05) is 17.6 Å². The molecule has 1 unspecified atom stereocenters. The van der Waals surface area contributed by atoms with Gasteiger partial charge in [-0.1, -0.05) is 23.7 Å². The van der Waals surface area contributed by atoms with E-state index in [4.69, 9.17) is 11.6 Å². The number of sulfonamides is 1. The van der Waals surface area contributed by atoms with Crippen molar-refractivity contribution < 1.29 is 17.6 Å². The summed E-state index contributed by atoms with van der Waals surface area (Å²) in [6.45, 7) is 1.84. The first-order valence-electron chi connectivity index (χ1n) is 9.62. The highest BCUT2D eigenvalue weighted by atomic mass is 35.5. The van der Waals surface area contributed by atoms with Gasteiger partial charge in [-0.3, -0.25) is 9.10 Å². The third kappa shape index (κ3) is 5.26. The third-order valence-electron chi connectivity index (χ3n) is 4.99. The van der Waals surface area contributed by atoms with Crippen molar-refractivity contribution in [2.45, 2.75) is 22.8 Å². The van der Waals surface area contributed by atoms with Crippen molar-refractivity contribution in [1.82, 2.24) is 5.32 Å². The fourth-order valence-electron chi connectivity index (χ4n) is 3.04. The van der Waals surface area contributed by atoms with E-state index in [0.717, 1.165) is 14.8 Å². The maximum atomic E-state index is 13.2. The molecule has 3 aromatic rings. The molecule has 0 radical (unpaired) electrons. The van der Waals surface area contributed by atoms with Crippen LogP contribution in [0.25, 0.3) is 0 Å². The summed E-state index contributed by atoms with van der Waals surface area (Å²) in [6.07, 6.45) is 1.98. The van der Waals surface area contributed by atoms with Crippen molar-refractivity contribution in [3.05, 3.63) is 88.7 Å². The SMILES string of the molecule is CSc1ccc(C(C)NC(=O)c2cc(S(=O)(=O)N(C)c3ccc(F)cc3)ccc2Cl)cc1. The van der Waals surface area contributed by atoms with Crippen LogP contribution in [0.3, 0.4) is 0 Å². The Morgan fingerprint density at radius 2 is 1.69 bits per heavy atom. The van der Waals surface area contributed by atoms with Crippen LogP contribution in [0.4, 0.5) is 10.1 Å². The second-order valence-electron chi connectivity index (χ2n) is 7.06. The molecular formula is C23H22ClFN2O3S2. The van der Waals surface area contributed by atoms with Gasteiger partial charge in [0.25, 0.3) is 15.9 Å². The molecule has 0 aromatic heterocycles. The second-order valence-corrected chi connectivity index (χ2v) is 10.3. The van der Waals surface area contributed by atoms with E-state index in [9.17, 15) is 17.6 Å². The van der Waals surface area contributed by atoms with E-state index in [1.165, 1.54) is 49.5 Å². The van der Waals surface area contributed by atoms with E-state index in [1.54, 1.807) is 11.8 Å². The molecule has 0 heterocycles. The number of hydrogen-bond acceptors (Lipinski definition) is 4. The molecular weight excluding hydrogens is 471 g/mol. The van der Waals surface area contributed by atoms with Gasteiger partial charge in [-0.25, -0.2) is 12.8 Å². The molecule has 1 amide bonds. The van der Waals surface area contributed by atoms with Crippen LogP contribution in [0.2, 0.25) is 5.02 Å². The first-order chi connectivity index (χ1) is 15.1. The van der Waals surface area contributed by atoms with Crippen LogP contribution in [-0.2, 0) is 10.0 Å². The summed E-state index contributed by atoms with van der Waals surface area (Å²) in [5.41, 5.74) is 1.24. The Balaban J connectivity index is 1.85. The quantitative estimate of drug-likeness (QED) is 0.441. The van der Waals surface area contributed by atoms with E-state index in [0.29, 0.717) is 0 Å². The summed E-state index contributed by atoms with van der Waals surface area (Å²) in [5.74, 6) is -0.958. The number of carbonyl (C=O) groups excluding carboxylic acids is 1. The number of amides is 1. The number of nitrogens with zero attached hydrogens (tertiary/aromatic N) is 1. The summed E-state index contributed by atoms with van der Waals surface area (Å²) in [4.78, 5) is 13.9. The summed E-state index contributed by atoms with van der Waals surface area (Å²) in [5, 5.41) is 2.99. The van der Waals surface area contributed by atoms with Gasteiger partial charge < -0.3 is 5.32 Å². The summed E-state index contributed by atoms with van der Waals surface area (Å²) in [6, 6.07) is 16.5. The lowest BCUT2D eigenvalue weighted by Gasteiger charge is -2.20. The van der Waals surface area contributed by atoms with Crippen molar-refractivity contribution in [3.8, 4) is 0 Å². The van der Waals surface area contributed by atoms with Gasteiger partial charge in [-0.15, -0.1) is 11.8 Å². The molecule has 0 saturated heterocycles. The first kappa shape index (κ1) is 24.1. The number of benzene rings is 3. The molecule has 0 fully saturated rings. The normalized spacial score (nSPS) is 12.3. The molecule has 32 heavy (non-hydrogen) atoms. The molecule has 1 atom stereocenters. The van der Waals surface area contributed by atoms with Gasteiger partial charge in [0, 0.05) is 11.9 Å². The third-order valence-corrected chi connectivity index (χ3v) is 7.85. The summed E-state index contributed by atoms with van der Waals surface area (Å²) in [7, 11) is -2.64. The summed E-state index contributed by atoms with van der Waals surface area (Å²) < 4.78 is 40.3. The van der Waals surface area contributed by atoms with Crippen molar-refractivity contribution in [2.24, 2.45) is 0 Å². The fourth-order valence-corrected chi connectivity index (χ4v) is 4.87.